The van der Waals surface area contributed by atoms with E-state index < -0.39 is 0 Å². The van der Waals surface area contributed by atoms with Gasteiger partial charge in [0.25, 0.3) is 0 Å². The molecular weight excluding hydrogens is 541 g/mol. The molecule has 0 bridgehead atoms. The molecule has 8 rings (SSSR count). The summed E-state index contributed by atoms with van der Waals surface area (Å²) in [5.74, 6) is 1.11. The van der Waals surface area contributed by atoms with Crippen LogP contribution in [0.1, 0.15) is 61.3 Å². The Labute approximate surface area is 236 Å². The molecule has 1 aromatic carbocycles. The molecule has 4 fully saturated rings. The average Bonchev–Trinajstić information content (AvgIpc) is 3.18. The number of halogens is 2. The number of nitrogens with one attached hydrogen (secondary N) is 1. The predicted octanol–water partition coefficient (Wildman–Crippen LogP) is 5.29. The van der Waals surface area contributed by atoms with Gasteiger partial charge >= 0.3 is 0 Å². The van der Waals surface area contributed by atoms with Crippen molar-refractivity contribution in [2.45, 2.75) is 69.0 Å². The Hall–Kier alpha value is -2.26. The molecule has 1 spiro atoms. The first kappa shape index (κ1) is 24.8. The SMILES string of the molecule is Cl.O=C1CCC(=O)N1Cc1cc2ncnc(-c3cc(Cl)cc4c3N([C@@H]3CNC5(CCC5)C3)C[C@H]3C[C@@H]43)c2s1. The van der Waals surface area contributed by atoms with Crippen LogP contribution in [0.15, 0.2) is 24.5 Å². The van der Waals surface area contributed by atoms with E-state index in [-0.39, 0.29) is 24.2 Å². The van der Waals surface area contributed by atoms with Crippen LogP contribution in [0.2, 0.25) is 5.02 Å². The fourth-order valence-corrected chi connectivity index (χ4v) is 8.50. The minimum atomic E-state index is -0.0956. The van der Waals surface area contributed by atoms with E-state index in [9.17, 15) is 9.59 Å². The summed E-state index contributed by atoms with van der Waals surface area (Å²) >= 11 is 8.33. The largest absolute Gasteiger partial charge is 0.366 e. The van der Waals surface area contributed by atoms with Gasteiger partial charge < -0.3 is 10.2 Å². The molecule has 10 heteroatoms. The number of aromatic nitrogens is 2. The van der Waals surface area contributed by atoms with Gasteiger partial charge in [-0.2, -0.15) is 0 Å². The first-order valence-electron chi connectivity index (χ1n) is 13.4. The van der Waals surface area contributed by atoms with Crippen molar-refractivity contribution in [2.24, 2.45) is 5.92 Å². The molecule has 38 heavy (non-hydrogen) atoms. The zero-order valence-electron chi connectivity index (χ0n) is 20.9. The van der Waals surface area contributed by atoms with Gasteiger partial charge in [0.1, 0.15) is 6.33 Å². The van der Waals surface area contributed by atoms with Gasteiger partial charge in [-0.15, -0.1) is 23.7 Å². The van der Waals surface area contributed by atoms with Gasteiger partial charge in [0.2, 0.25) is 11.8 Å². The lowest BCUT2D eigenvalue weighted by Crippen LogP contribution is -2.46. The highest BCUT2D eigenvalue weighted by Crippen LogP contribution is 2.59. The van der Waals surface area contributed by atoms with Crippen molar-refractivity contribution >= 4 is 63.1 Å². The summed E-state index contributed by atoms with van der Waals surface area (Å²) in [6.45, 7) is 2.43. The number of anilines is 1. The number of hydrogen-bond acceptors (Lipinski definition) is 7. The summed E-state index contributed by atoms with van der Waals surface area (Å²) in [5, 5.41) is 4.62. The molecule has 3 aromatic rings. The summed E-state index contributed by atoms with van der Waals surface area (Å²) in [6.07, 6.45) is 8.57. The van der Waals surface area contributed by atoms with Crippen LogP contribution in [0.4, 0.5) is 5.69 Å². The average molecular weight is 571 g/mol. The van der Waals surface area contributed by atoms with E-state index in [1.165, 1.54) is 48.3 Å². The minimum Gasteiger partial charge on any atom is -0.366 e. The number of hydrogen-bond donors (Lipinski definition) is 1. The topological polar surface area (TPSA) is 78.4 Å². The highest BCUT2D eigenvalue weighted by molar-refractivity contribution is 7.19. The van der Waals surface area contributed by atoms with Gasteiger partial charge in [-0.05, 0) is 67.7 Å². The fourth-order valence-electron chi connectivity index (χ4n) is 7.17. The van der Waals surface area contributed by atoms with Crippen molar-refractivity contribution in [2.75, 3.05) is 18.0 Å². The van der Waals surface area contributed by atoms with E-state index in [1.807, 2.05) is 6.07 Å². The van der Waals surface area contributed by atoms with Crippen LogP contribution < -0.4 is 10.2 Å². The van der Waals surface area contributed by atoms with Gasteiger partial charge in [-0.3, -0.25) is 14.5 Å². The number of fused-ring (bicyclic) bond motifs is 4. The zero-order chi connectivity index (χ0) is 24.9. The van der Waals surface area contributed by atoms with Crippen molar-refractivity contribution in [1.82, 2.24) is 20.2 Å². The van der Waals surface area contributed by atoms with E-state index in [4.69, 9.17) is 16.6 Å². The molecule has 0 unspecified atom stereocenters. The Kier molecular flexibility index (Phi) is 5.78. The Bertz CT molecular complexity index is 1470. The first-order valence-corrected chi connectivity index (χ1v) is 14.6. The lowest BCUT2D eigenvalue weighted by Gasteiger charge is -2.41. The molecule has 198 valence electrons. The molecule has 2 amide bonds. The van der Waals surface area contributed by atoms with Crippen LogP contribution in [0.3, 0.4) is 0 Å². The van der Waals surface area contributed by atoms with Crippen LogP contribution in [0.25, 0.3) is 21.5 Å². The maximum absolute atomic E-state index is 12.2. The van der Waals surface area contributed by atoms with Crippen molar-refractivity contribution < 1.29 is 9.59 Å². The summed E-state index contributed by atoms with van der Waals surface area (Å²) in [5.41, 5.74) is 5.83. The summed E-state index contributed by atoms with van der Waals surface area (Å²) < 4.78 is 0.985. The summed E-state index contributed by atoms with van der Waals surface area (Å²) in [6, 6.07) is 6.73. The molecule has 3 atom stereocenters. The van der Waals surface area contributed by atoms with Crippen LogP contribution in [-0.4, -0.2) is 51.4 Å². The molecule has 0 radical (unpaired) electrons. The third-order valence-electron chi connectivity index (χ3n) is 9.32. The summed E-state index contributed by atoms with van der Waals surface area (Å²) in [4.78, 5) is 38.8. The summed E-state index contributed by atoms with van der Waals surface area (Å²) in [7, 11) is 0. The number of benzene rings is 1. The van der Waals surface area contributed by atoms with E-state index in [1.54, 1.807) is 17.7 Å². The fraction of sp³-hybridized carbons (Fsp3) is 0.500. The number of nitrogens with zero attached hydrogens (tertiary/aromatic N) is 4. The molecule has 1 N–H and O–H groups in total. The maximum Gasteiger partial charge on any atom is 0.230 e. The lowest BCUT2D eigenvalue weighted by atomic mass is 9.75. The highest BCUT2D eigenvalue weighted by Gasteiger charge is 2.51. The Morgan fingerprint density at radius 1 is 1.13 bits per heavy atom. The predicted molar refractivity (Wildman–Crippen MR) is 151 cm³/mol. The molecule has 5 aliphatic rings. The van der Waals surface area contributed by atoms with Crippen LogP contribution >= 0.6 is 35.3 Å². The van der Waals surface area contributed by atoms with E-state index >= 15 is 0 Å². The van der Waals surface area contributed by atoms with Gasteiger partial charge in [0.15, 0.2) is 0 Å². The quantitative estimate of drug-likeness (QED) is 0.430. The van der Waals surface area contributed by atoms with Gasteiger partial charge in [-0.25, -0.2) is 9.97 Å². The smallest absolute Gasteiger partial charge is 0.230 e. The third kappa shape index (κ3) is 3.79. The van der Waals surface area contributed by atoms with Gasteiger partial charge in [0.05, 0.1) is 28.1 Å². The molecule has 2 saturated heterocycles. The Morgan fingerprint density at radius 3 is 2.68 bits per heavy atom. The third-order valence-corrected chi connectivity index (χ3v) is 10.7. The van der Waals surface area contributed by atoms with Crippen molar-refractivity contribution in [3.05, 3.63) is 40.0 Å². The number of imide groups is 1. The van der Waals surface area contributed by atoms with E-state index in [0.717, 1.165) is 44.5 Å². The zero-order valence-corrected chi connectivity index (χ0v) is 23.3. The van der Waals surface area contributed by atoms with E-state index in [2.05, 4.69) is 27.3 Å². The second kappa shape index (κ2) is 8.88. The van der Waals surface area contributed by atoms with Crippen molar-refractivity contribution in [3.8, 4) is 11.3 Å². The molecule has 5 heterocycles. The minimum absolute atomic E-state index is 0. The lowest BCUT2D eigenvalue weighted by molar-refractivity contribution is -0.138. The number of carbonyl (C=O) groups excluding carboxylic acids is 2. The Balaban J connectivity index is 0.00000242. The number of amides is 2. The normalized spacial score (nSPS) is 26.9. The second-order valence-corrected chi connectivity index (χ2v) is 13.1. The van der Waals surface area contributed by atoms with Crippen LogP contribution in [0.5, 0.6) is 0 Å². The number of rotatable bonds is 4. The molecule has 2 aliphatic carbocycles. The van der Waals surface area contributed by atoms with Gasteiger partial charge in [0, 0.05) is 53.0 Å². The standard InChI is InChI=1S/C28H28ClN5O2S.ClH/c29-16-7-20-19-6-15(19)12-33(17-10-28(32-11-17)4-1-5-28)26(20)21(8-16)25-27-22(30-14-31-25)9-18(37-27)13-34-23(35)2-3-24(34)36;/h7-9,14-15,17,19,32H,1-6,10-13H2;1H/t15-,17+,19-;/m1./s1. The number of carbonyl (C=O) groups is 2. The van der Waals surface area contributed by atoms with Crippen LogP contribution in [0, 0.1) is 5.92 Å². The molecular formula is C28H29Cl2N5O2S. The second-order valence-electron chi connectivity index (χ2n) is 11.5. The maximum atomic E-state index is 12.2. The molecule has 2 aromatic heterocycles. The van der Waals surface area contributed by atoms with E-state index in [0.29, 0.717) is 42.8 Å². The van der Waals surface area contributed by atoms with Crippen molar-refractivity contribution in [1.29, 1.82) is 0 Å². The molecule has 2 saturated carbocycles. The monoisotopic (exact) mass is 569 g/mol. The first-order chi connectivity index (χ1) is 18.0. The van der Waals surface area contributed by atoms with Gasteiger partial charge in [-0.1, -0.05) is 11.6 Å². The van der Waals surface area contributed by atoms with Crippen molar-refractivity contribution in [3.63, 3.8) is 0 Å². The number of likely N-dealkylation sites (tertiary alicyclic amines) is 1. The molecule has 7 nitrogen and oxygen atoms in total. The highest BCUT2D eigenvalue weighted by atomic mass is 35.5. The molecule has 3 aliphatic heterocycles. The van der Waals surface area contributed by atoms with Crippen LogP contribution in [-0.2, 0) is 16.1 Å². The Morgan fingerprint density at radius 2 is 1.95 bits per heavy atom. The number of thiophene rings is 1.